The molecule has 0 amide bonds. The van der Waals surface area contributed by atoms with E-state index in [1.165, 1.54) is 18.4 Å². The molecule has 0 spiro atoms. The van der Waals surface area contributed by atoms with E-state index < -0.39 is 0 Å². The average Bonchev–Trinajstić information content (AvgIpc) is 2.50. The molecule has 0 saturated heterocycles. The monoisotopic (exact) mass is 162 g/mol. The normalized spacial score (nSPS) is 20.2. The van der Waals surface area contributed by atoms with Gasteiger partial charge in [-0.05, 0) is 12.5 Å². The molecule has 0 aliphatic carbocycles. The van der Waals surface area contributed by atoms with Gasteiger partial charge in [0.2, 0.25) is 0 Å². The quantitative estimate of drug-likeness (QED) is 0.649. The molecule has 1 aromatic carbocycles. The minimum Gasteiger partial charge on any atom is -0.493 e. The topological polar surface area (TPSA) is 9.23 Å². The molecule has 1 aromatic rings. The van der Waals surface area contributed by atoms with Crippen molar-refractivity contribution in [1.29, 1.82) is 0 Å². The maximum atomic E-state index is 5.56. The first-order valence-electron chi connectivity index (χ1n) is 4.63. The Morgan fingerprint density at radius 1 is 1.42 bits per heavy atom. The van der Waals surface area contributed by atoms with Crippen molar-refractivity contribution in [2.45, 2.75) is 25.7 Å². The Kier molecular flexibility index (Phi) is 2.03. The third-order valence-corrected chi connectivity index (χ3v) is 2.44. The average molecular weight is 162 g/mol. The molecule has 1 unspecified atom stereocenters. The van der Waals surface area contributed by atoms with E-state index in [1.54, 1.807) is 0 Å². The van der Waals surface area contributed by atoms with Gasteiger partial charge < -0.3 is 4.74 Å². The van der Waals surface area contributed by atoms with E-state index in [1.807, 2.05) is 6.07 Å². The number of hydrogen-bond donors (Lipinski definition) is 0. The molecule has 0 bridgehead atoms. The van der Waals surface area contributed by atoms with E-state index in [4.69, 9.17) is 4.74 Å². The van der Waals surface area contributed by atoms with E-state index >= 15 is 0 Å². The molecule has 0 saturated carbocycles. The zero-order valence-electron chi connectivity index (χ0n) is 7.42. The zero-order valence-corrected chi connectivity index (χ0v) is 7.42. The zero-order chi connectivity index (χ0) is 8.39. The Morgan fingerprint density at radius 3 is 3.08 bits per heavy atom. The predicted molar refractivity (Wildman–Crippen MR) is 49.6 cm³/mol. The van der Waals surface area contributed by atoms with Gasteiger partial charge in [-0.2, -0.15) is 0 Å². The van der Waals surface area contributed by atoms with Crippen LogP contribution in [0.5, 0.6) is 5.75 Å². The SMILES string of the molecule is CCCC1COc2ccccc21. The van der Waals surface area contributed by atoms with Gasteiger partial charge in [0, 0.05) is 11.5 Å². The Labute approximate surface area is 73.4 Å². The summed E-state index contributed by atoms with van der Waals surface area (Å²) in [4.78, 5) is 0. The summed E-state index contributed by atoms with van der Waals surface area (Å²) in [7, 11) is 0. The summed E-state index contributed by atoms with van der Waals surface area (Å²) >= 11 is 0. The van der Waals surface area contributed by atoms with Crippen LogP contribution in [0, 0.1) is 0 Å². The van der Waals surface area contributed by atoms with E-state index in [9.17, 15) is 0 Å². The maximum absolute atomic E-state index is 5.56. The molecule has 0 N–H and O–H groups in total. The van der Waals surface area contributed by atoms with E-state index in [2.05, 4.69) is 25.1 Å². The molecular weight excluding hydrogens is 148 g/mol. The van der Waals surface area contributed by atoms with Crippen molar-refractivity contribution in [2.75, 3.05) is 6.61 Å². The van der Waals surface area contributed by atoms with Crippen molar-refractivity contribution in [3.05, 3.63) is 29.8 Å². The van der Waals surface area contributed by atoms with Crippen LogP contribution in [0.15, 0.2) is 24.3 Å². The molecule has 0 aromatic heterocycles. The summed E-state index contributed by atoms with van der Waals surface area (Å²) in [6.45, 7) is 3.11. The summed E-state index contributed by atoms with van der Waals surface area (Å²) in [5, 5.41) is 0. The predicted octanol–water partition coefficient (Wildman–Crippen LogP) is 2.96. The van der Waals surface area contributed by atoms with Crippen molar-refractivity contribution >= 4 is 0 Å². The molecule has 1 aliphatic heterocycles. The minimum atomic E-state index is 0.645. The third kappa shape index (κ3) is 1.20. The smallest absolute Gasteiger partial charge is 0.122 e. The van der Waals surface area contributed by atoms with Crippen LogP contribution < -0.4 is 4.74 Å². The van der Waals surface area contributed by atoms with Crippen LogP contribution in [0.2, 0.25) is 0 Å². The van der Waals surface area contributed by atoms with Crippen LogP contribution in [-0.4, -0.2) is 6.61 Å². The Morgan fingerprint density at radius 2 is 2.25 bits per heavy atom. The second kappa shape index (κ2) is 3.18. The molecule has 12 heavy (non-hydrogen) atoms. The third-order valence-electron chi connectivity index (χ3n) is 2.44. The number of para-hydroxylation sites is 1. The van der Waals surface area contributed by atoms with Gasteiger partial charge in [0.15, 0.2) is 0 Å². The van der Waals surface area contributed by atoms with Gasteiger partial charge in [0.1, 0.15) is 5.75 Å². The maximum Gasteiger partial charge on any atom is 0.122 e. The first kappa shape index (κ1) is 7.66. The highest BCUT2D eigenvalue weighted by molar-refractivity contribution is 5.39. The van der Waals surface area contributed by atoms with Gasteiger partial charge in [-0.25, -0.2) is 0 Å². The highest BCUT2D eigenvalue weighted by Crippen LogP contribution is 2.35. The standard InChI is InChI=1S/C11H14O/c1-2-5-9-8-12-11-7-4-3-6-10(9)11/h3-4,6-7,9H,2,5,8H2,1H3. The molecular formula is C11H14O. The van der Waals surface area contributed by atoms with Gasteiger partial charge in [-0.1, -0.05) is 31.5 Å². The van der Waals surface area contributed by atoms with Gasteiger partial charge in [0.25, 0.3) is 0 Å². The van der Waals surface area contributed by atoms with E-state index in [-0.39, 0.29) is 0 Å². The largest absolute Gasteiger partial charge is 0.493 e. The van der Waals surface area contributed by atoms with Gasteiger partial charge >= 0.3 is 0 Å². The Bertz CT molecular complexity index is 265. The highest BCUT2D eigenvalue weighted by Gasteiger charge is 2.21. The fourth-order valence-electron chi connectivity index (χ4n) is 1.82. The van der Waals surface area contributed by atoms with Crippen LogP contribution in [0.4, 0.5) is 0 Å². The Hall–Kier alpha value is -0.980. The fourth-order valence-corrected chi connectivity index (χ4v) is 1.82. The van der Waals surface area contributed by atoms with Crippen LogP contribution in [0.3, 0.4) is 0 Å². The minimum absolute atomic E-state index is 0.645. The van der Waals surface area contributed by atoms with E-state index in [0.29, 0.717) is 5.92 Å². The number of ether oxygens (including phenoxy) is 1. The Balaban J connectivity index is 2.24. The lowest BCUT2D eigenvalue weighted by Gasteiger charge is -2.04. The van der Waals surface area contributed by atoms with Crippen LogP contribution in [-0.2, 0) is 0 Å². The molecule has 1 atom stereocenters. The van der Waals surface area contributed by atoms with Gasteiger partial charge in [-0.3, -0.25) is 0 Å². The first-order valence-corrected chi connectivity index (χ1v) is 4.63. The number of hydrogen-bond acceptors (Lipinski definition) is 1. The molecule has 1 heterocycles. The number of rotatable bonds is 2. The van der Waals surface area contributed by atoms with Gasteiger partial charge in [0.05, 0.1) is 6.61 Å². The molecule has 64 valence electrons. The molecule has 1 nitrogen and oxygen atoms in total. The molecule has 1 heteroatoms. The molecule has 0 fully saturated rings. The van der Waals surface area contributed by atoms with Gasteiger partial charge in [-0.15, -0.1) is 0 Å². The molecule has 2 rings (SSSR count). The second-order valence-electron chi connectivity index (χ2n) is 3.33. The lowest BCUT2D eigenvalue weighted by molar-refractivity contribution is 0.324. The lowest BCUT2D eigenvalue weighted by atomic mass is 9.97. The van der Waals surface area contributed by atoms with Crippen LogP contribution >= 0.6 is 0 Å². The van der Waals surface area contributed by atoms with E-state index in [0.717, 1.165) is 12.4 Å². The summed E-state index contributed by atoms with van der Waals surface area (Å²) in [5.41, 5.74) is 1.40. The summed E-state index contributed by atoms with van der Waals surface area (Å²) in [6.07, 6.45) is 2.49. The molecule has 0 radical (unpaired) electrons. The first-order chi connectivity index (χ1) is 5.92. The van der Waals surface area contributed by atoms with Crippen molar-refractivity contribution in [2.24, 2.45) is 0 Å². The van der Waals surface area contributed by atoms with Crippen LogP contribution in [0.25, 0.3) is 0 Å². The fraction of sp³-hybridized carbons (Fsp3) is 0.455. The summed E-state index contributed by atoms with van der Waals surface area (Å²) in [6, 6.07) is 8.37. The van der Waals surface area contributed by atoms with Crippen LogP contribution in [0.1, 0.15) is 31.2 Å². The number of benzene rings is 1. The van der Waals surface area contributed by atoms with Crippen molar-refractivity contribution in [1.82, 2.24) is 0 Å². The highest BCUT2D eigenvalue weighted by atomic mass is 16.5. The number of fused-ring (bicyclic) bond motifs is 1. The second-order valence-corrected chi connectivity index (χ2v) is 3.33. The lowest BCUT2D eigenvalue weighted by Crippen LogP contribution is -1.99. The molecule has 1 aliphatic rings. The van der Waals surface area contributed by atoms with Crippen molar-refractivity contribution < 1.29 is 4.74 Å². The van der Waals surface area contributed by atoms with Crippen molar-refractivity contribution in [3.63, 3.8) is 0 Å². The van der Waals surface area contributed by atoms with Crippen molar-refractivity contribution in [3.8, 4) is 5.75 Å². The summed E-state index contributed by atoms with van der Waals surface area (Å²) < 4.78 is 5.56. The summed E-state index contributed by atoms with van der Waals surface area (Å²) in [5.74, 6) is 1.74.